The zero-order valence-corrected chi connectivity index (χ0v) is 33.0. The highest BCUT2D eigenvalue weighted by Crippen LogP contribution is 2.25. The van der Waals surface area contributed by atoms with Gasteiger partial charge in [0, 0.05) is 39.3 Å². The number of hydrogen-bond acceptors (Lipinski definition) is 8. The van der Waals surface area contributed by atoms with Gasteiger partial charge in [0.1, 0.15) is 29.9 Å². The molecule has 0 bridgehead atoms. The Balaban J connectivity index is 1.38. The molecule has 0 saturated heterocycles. The van der Waals surface area contributed by atoms with Crippen molar-refractivity contribution in [3.05, 3.63) is 137 Å². The smallest absolute Gasteiger partial charge is 0.326 e. The van der Waals surface area contributed by atoms with Crippen molar-refractivity contribution >= 4 is 35.5 Å². The number of amides is 5. The fourth-order valence-corrected chi connectivity index (χ4v) is 7.10. The molecule has 5 rings (SSSR count). The molecule has 14 heteroatoms. The molecule has 310 valence electrons. The number of carboxylic acids is 1. The predicted octanol–water partition coefficient (Wildman–Crippen LogP) is 2.55. The maximum Gasteiger partial charge on any atom is 0.326 e. The fourth-order valence-electron chi connectivity index (χ4n) is 7.10. The highest BCUT2D eigenvalue weighted by molar-refractivity contribution is 5.96. The Hall–Kier alpha value is -6.54. The van der Waals surface area contributed by atoms with Crippen molar-refractivity contribution in [1.82, 2.24) is 26.2 Å². The molecule has 0 aromatic heterocycles. The van der Waals surface area contributed by atoms with Gasteiger partial charge in [0.2, 0.25) is 29.5 Å². The van der Waals surface area contributed by atoms with Crippen molar-refractivity contribution in [2.24, 2.45) is 5.73 Å². The van der Waals surface area contributed by atoms with Crippen LogP contribution in [0, 0.1) is 0 Å². The number of hydrogen-bond donors (Lipinski definition) is 7. The molecule has 1 aliphatic heterocycles. The number of rotatable bonds is 19. The Labute approximate surface area is 343 Å². The molecule has 1 heterocycles. The first-order valence-corrected chi connectivity index (χ1v) is 19.7. The number of phenols is 1. The number of carboxylic acid groups (broad SMARTS) is 1. The maximum atomic E-state index is 14.4. The van der Waals surface area contributed by atoms with Gasteiger partial charge in [-0.3, -0.25) is 24.0 Å². The molecule has 0 aliphatic carbocycles. The van der Waals surface area contributed by atoms with E-state index in [-0.39, 0.29) is 50.3 Å². The van der Waals surface area contributed by atoms with E-state index in [2.05, 4.69) is 21.3 Å². The van der Waals surface area contributed by atoms with Crippen LogP contribution in [0.1, 0.15) is 54.0 Å². The van der Waals surface area contributed by atoms with E-state index in [1.54, 1.807) is 60.7 Å². The molecule has 5 amide bonds. The predicted molar refractivity (Wildman–Crippen MR) is 221 cm³/mol. The summed E-state index contributed by atoms with van der Waals surface area (Å²) in [5.74, 6) is -3.81. The van der Waals surface area contributed by atoms with E-state index in [9.17, 15) is 39.0 Å². The summed E-state index contributed by atoms with van der Waals surface area (Å²) in [6, 6.07) is 26.1. The van der Waals surface area contributed by atoms with E-state index in [0.29, 0.717) is 24.9 Å². The van der Waals surface area contributed by atoms with Gasteiger partial charge < -0.3 is 42.1 Å². The van der Waals surface area contributed by atoms with E-state index in [1.807, 2.05) is 36.4 Å². The van der Waals surface area contributed by atoms with Crippen molar-refractivity contribution < 1.29 is 39.0 Å². The molecule has 59 heavy (non-hydrogen) atoms. The Morgan fingerprint density at radius 1 is 0.678 bits per heavy atom. The lowest BCUT2D eigenvalue weighted by Gasteiger charge is -2.38. The number of carbonyl (C=O) groups is 6. The van der Waals surface area contributed by atoms with Crippen LogP contribution in [0.25, 0.3) is 0 Å². The van der Waals surface area contributed by atoms with E-state index < -0.39 is 59.8 Å². The van der Waals surface area contributed by atoms with Gasteiger partial charge in [0.15, 0.2) is 0 Å². The molecule has 4 aromatic carbocycles. The third-order valence-electron chi connectivity index (χ3n) is 10.3. The second kappa shape index (κ2) is 21.3. The van der Waals surface area contributed by atoms with Gasteiger partial charge >= 0.3 is 5.97 Å². The van der Waals surface area contributed by atoms with Crippen molar-refractivity contribution in [2.45, 2.75) is 88.6 Å². The third-order valence-corrected chi connectivity index (χ3v) is 10.3. The zero-order chi connectivity index (χ0) is 42.3. The number of nitrogens with two attached hydrogens (primary N) is 1. The summed E-state index contributed by atoms with van der Waals surface area (Å²) >= 11 is 0. The van der Waals surface area contributed by atoms with E-state index in [0.717, 1.165) is 22.3 Å². The van der Waals surface area contributed by atoms with Gasteiger partial charge in [0.05, 0.1) is 6.04 Å². The number of carbonyl (C=O) groups excluding carboxylic acids is 5. The van der Waals surface area contributed by atoms with Crippen LogP contribution >= 0.6 is 0 Å². The second-order valence-electron chi connectivity index (χ2n) is 14.8. The molecule has 0 spiro atoms. The molecule has 4 aromatic rings. The molecular weight excluding hydrogens is 753 g/mol. The number of benzene rings is 4. The van der Waals surface area contributed by atoms with Crippen LogP contribution in [0.3, 0.4) is 0 Å². The topological polar surface area (TPSA) is 220 Å². The Morgan fingerprint density at radius 3 is 1.78 bits per heavy atom. The number of phenolic OH excluding ortho intramolecular Hbond substituents is 1. The molecule has 0 radical (unpaired) electrons. The first-order valence-electron chi connectivity index (χ1n) is 19.7. The van der Waals surface area contributed by atoms with Crippen molar-refractivity contribution in [3.8, 4) is 5.75 Å². The molecule has 14 nitrogen and oxygen atoms in total. The molecular formula is C45H52N6O8. The number of aromatic hydroxyl groups is 1. The summed E-state index contributed by atoms with van der Waals surface area (Å²) in [6.45, 7) is 1.87. The van der Waals surface area contributed by atoms with Crippen molar-refractivity contribution in [1.29, 1.82) is 0 Å². The lowest BCUT2D eigenvalue weighted by atomic mass is 9.92. The van der Waals surface area contributed by atoms with Gasteiger partial charge in [-0.05, 0) is 65.6 Å². The van der Waals surface area contributed by atoms with Crippen molar-refractivity contribution in [2.75, 3.05) is 6.54 Å². The van der Waals surface area contributed by atoms with E-state index in [4.69, 9.17) is 5.73 Å². The van der Waals surface area contributed by atoms with Gasteiger partial charge in [-0.15, -0.1) is 0 Å². The lowest BCUT2D eigenvalue weighted by molar-refractivity contribution is -0.143. The standard InChI is InChI=1S/C45H52N6O8/c1-29(52)47-23-11-10-18-37(45(58)59)48-41(54)38(25-30-12-4-2-5-13-30)49-42(55)39(26-31-14-6-3-7-15-31)50-43(56)40-27-33-16-8-9-17-34(33)28-51(40)44(57)36(46)24-32-19-21-35(53)22-20-32/h2-9,12-17,19-22,36-40,53H,10-11,18,23-28,46H2,1H3,(H,47,52)(H,48,54)(H,49,55)(H,50,56)(H,58,59)/t36-,37+,38-,39-,40-/m0/s1. The Kier molecular flexibility index (Phi) is 15.7. The summed E-state index contributed by atoms with van der Waals surface area (Å²) in [6.07, 6.45) is 1.41. The van der Waals surface area contributed by atoms with Crippen LogP contribution < -0.4 is 27.0 Å². The van der Waals surface area contributed by atoms with Crippen molar-refractivity contribution in [3.63, 3.8) is 0 Å². The second-order valence-corrected chi connectivity index (χ2v) is 14.8. The molecule has 8 N–H and O–H groups in total. The summed E-state index contributed by atoms with van der Waals surface area (Å²) < 4.78 is 0. The van der Waals surface area contributed by atoms with Crippen LogP contribution in [0.4, 0.5) is 0 Å². The first kappa shape index (κ1) is 43.6. The van der Waals surface area contributed by atoms with Crippen LogP contribution in [-0.4, -0.2) is 87.4 Å². The fraction of sp³-hybridized carbons (Fsp3) is 0.333. The molecule has 0 saturated carbocycles. The number of unbranched alkanes of at least 4 members (excludes halogenated alkanes) is 1. The number of nitrogens with zero attached hydrogens (tertiary/aromatic N) is 1. The van der Waals surface area contributed by atoms with Crippen LogP contribution in [0.2, 0.25) is 0 Å². The largest absolute Gasteiger partial charge is 0.508 e. The Morgan fingerprint density at radius 2 is 1.20 bits per heavy atom. The number of fused-ring (bicyclic) bond motifs is 1. The molecule has 0 unspecified atom stereocenters. The van der Waals surface area contributed by atoms with Gasteiger partial charge in [0.25, 0.3) is 0 Å². The van der Waals surface area contributed by atoms with Gasteiger partial charge in [-0.1, -0.05) is 97.1 Å². The summed E-state index contributed by atoms with van der Waals surface area (Å²) in [5, 5.41) is 30.6. The van der Waals surface area contributed by atoms with Crippen LogP contribution in [0.15, 0.2) is 109 Å². The van der Waals surface area contributed by atoms with E-state index >= 15 is 0 Å². The average Bonchev–Trinajstić information content (AvgIpc) is 3.23. The quantitative estimate of drug-likeness (QED) is 0.0692. The third kappa shape index (κ3) is 13.0. The van der Waals surface area contributed by atoms with Gasteiger partial charge in [-0.2, -0.15) is 0 Å². The highest BCUT2D eigenvalue weighted by Gasteiger charge is 2.38. The minimum absolute atomic E-state index is 0.0277. The van der Waals surface area contributed by atoms with Crippen LogP contribution in [0.5, 0.6) is 5.75 Å². The average molecular weight is 805 g/mol. The SMILES string of the molecule is CC(=O)NCCCC[C@@H](NC(=O)[C@H](Cc1ccccc1)NC(=O)[C@H](Cc1ccccc1)NC(=O)[C@@H]1Cc2ccccc2CN1C(=O)[C@@H](N)Cc1ccc(O)cc1)C(=O)O. The number of nitrogens with one attached hydrogen (secondary N) is 4. The lowest BCUT2D eigenvalue weighted by Crippen LogP contribution is -2.61. The monoisotopic (exact) mass is 804 g/mol. The maximum absolute atomic E-state index is 14.4. The van der Waals surface area contributed by atoms with Crippen LogP contribution in [-0.2, 0) is 61.0 Å². The summed E-state index contributed by atoms with van der Waals surface area (Å²) in [7, 11) is 0. The zero-order valence-electron chi connectivity index (χ0n) is 33.0. The minimum Gasteiger partial charge on any atom is -0.508 e. The summed E-state index contributed by atoms with van der Waals surface area (Å²) in [4.78, 5) is 81.6. The van der Waals surface area contributed by atoms with E-state index in [1.165, 1.54) is 24.0 Å². The normalized spacial score (nSPS) is 15.4. The highest BCUT2D eigenvalue weighted by atomic mass is 16.4. The minimum atomic E-state index is -1.26. The number of aliphatic carboxylic acids is 1. The summed E-state index contributed by atoms with van der Waals surface area (Å²) in [5.41, 5.74) is 10.4. The molecule has 0 fully saturated rings. The molecule has 1 aliphatic rings. The molecule has 5 atom stereocenters. The van der Waals surface area contributed by atoms with Gasteiger partial charge in [-0.25, -0.2) is 4.79 Å². The Bertz CT molecular complexity index is 2060. The first-order chi connectivity index (χ1) is 28.4.